The van der Waals surface area contributed by atoms with Gasteiger partial charge < -0.3 is 25.8 Å². The fourth-order valence-electron chi connectivity index (χ4n) is 2.74. The van der Waals surface area contributed by atoms with E-state index in [1.54, 1.807) is 6.92 Å². The number of hydrogen-bond donors (Lipinski definition) is 4. The van der Waals surface area contributed by atoms with E-state index in [1.165, 1.54) is 0 Å². The molecule has 9 nitrogen and oxygen atoms in total. The molecule has 1 aliphatic rings. The highest BCUT2D eigenvalue weighted by Crippen LogP contribution is 2.46. The number of imidazole rings is 1. The summed E-state index contributed by atoms with van der Waals surface area (Å²) in [7, 11) is 0. The number of hydrogen-bond acceptors (Lipinski definition) is 8. The number of fused-ring (bicyclic) bond motifs is 1. The average Bonchev–Trinajstić information content (AvgIpc) is 3.02. The summed E-state index contributed by atoms with van der Waals surface area (Å²) < 4.78 is 34.0. The second-order valence-corrected chi connectivity index (χ2v) is 5.37. The zero-order chi connectivity index (χ0) is 17.0. The smallest absolute Gasteiger partial charge is 0.328 e. The van der Waals surface area contributed by atoms with Crippen LogP contribution < -0.4 is 5.73 Å². The van der Waals surface area contributed by atoms with Gasteiger partial charge in [-0.2, -0.15) is 9.37 Å². The van der Waals surface area contributed by atoms with Gasteiger partial charge in [0.25, 0.3) is 0 Å². The van der Waals surface area contributed by atoms with Crippen molar-refractivity contribution in [3.8, 4) is 0 Å². The first-order chi connectivity index (χ1) is 10.8. The monoisotopic (exact) mass is 331 g/mol. The Morgan fingerprint density at radius 2 is 2.22 bits per heavy atom. The number of rotatable bonds is 3. The van der Waals surface area contributed by atoms with Crippen LogP contribution in [-0.2, 0) is 10.5 Å². The van der Waals surface area contributed by atoms with Crippen LogP contribution in [0.5, 0.6) is 0 Å². The molecule has 0 spiro atoms. The quantitative estimate of drug-likeness (QED) is 0.553. The van der Waals surface area contributed by atoms with Gasteiger partial charge in [0, 0.05) is 0 Å². The predicted molar refractivity (Wildman–Crippen MR) is 71.1 cm³/mol. The number of halogens is 2. The average molecular weight is 331 g/mol. The molecule has 11 heteroatoms. The predicted octanol–water partition coefficient (Wildman–Crippen LogP) is -1.14. The molecule has 0 amide bonds. The van der Waals surface area contributed by atoms with Crippen molar-refractivity contribution in [3.05, 3.63) is 18.0 Å². The van der Waals surface area contributed by atoms with E-state index in [0.29, 0.717) is 0 Å². The Labute approximate surface area is 128 Å². The normalized spacial score (nSPS) is 34.3. The molecular weight excluding hydrogens is 316 g/mol. The highest BCUT2D eigenvalue weighted by molar-refractivity contribution is 5.59. The molecule has 126 valence electrons. The molecule has 3 heterocycles. The molecule has 0 aromatic carbocycles. The van der Waals surface area contributed by atoms with Crippen LogP contribution in [0, 0.1) is 6.08 Å². The molecule has 2 aromatic heterocycles. The molecular formula is C12H15F2N5O4. The Kier molecular flexibility index (Phi) is 3.48. The van der Waals surface area contributed by atoms with Crippen molar-refractivity contribution in [1.82, 2.24) is 19.6 Å². The number of nitrogen functional groups attached to an aromatic ring is 1. The third kappa shape index (κ3) is 2.01. The summed E-state index contributed by atoms with van der Waals surface area (Å²) >= 11 is 0. The number of nitrogens with zero attached hydrogens (tertiary/aromatic N) is 4. The van der Waals surface area contributed by atoms with Gasteiger partial charge in [0.05, 0.1) is 12.8 Å². The molecule has 0 unspecified atom stereocenters. The van der Waals surface area contributed by atoms with Crippen molar-refractivity contribution in [2.75, 3.05) is 12.3 Å². The molecule has 0 saturated carbocycles. The lowest BCUT2D eigenvalue weighted by Gasteiger charge is -2.29. The Bertz CT molecular complexity index is 752. The molecule has 0 aliphatic carbocycles. The van der Waals surface area contributed by atoms with E-state index in [9.17, 15) is 24.1 Å². The number of aliphatic hydroxyl groups is 3. The molecule has 5 N–H and O–H groups in total. The minimum Gasteiger partial charge on any atom is -0.393 e. The van der Waals surface area contributed by atoms with Crippen molar-refractivity contribution in [2.24, 2.45) is 0 Å². The Balaban J connectivity index is 2.18. The zero-order valence-electron chi connectivity index (χ0n) is 12.0. The van der Waals surface area contributed by atoms with Crippen LogP contribution in [0.15, 0.2) is 6.20 Å². The van der Waals surface area contributed by atoms with Gasteiger partial charge in [-0.1, -0.05) is 6.92 Å². The van der Waals surface area contributed by atoms with Crippen LogP contribution in [0.4, 0.5) is 14.6 Å². The number of anilines is 1. The number of ether oxygens (including phenoxy) is 1. The van der Waals surface area contributed by atoms with E-state index in [-0.39, 0.29) is 23.6 Å². The van der Waals surface area contributed by atoms with Crippen LogP contribution in [0.25, 0.3) is 5.65 Å². The lowest BCUT2D eigenvalue weighted by Crippen LogP contribution is -2.44. The first kappa shape index (κ1) is 15.9. The summed E-state index contributed by atoms with van der Waals surface area (Å²) in [6.07, 6.45) is -4.33. The van der Waals surface area contributed by atoms with Crippen molar-refractivity contribution < 1.29 is 28.8 Å². The number of aromatic nitrogens is 4. The van der Waals surface area contributed by atoms with Crippen molar-refractivity contribution >= 4 is 11.5 Å². The Morgan fingerprint density at radius 3 is 2.78 bits per heavy atom. The number of alkyl halides is 1. The topological polar surface area (TPSA) is 139 Å². The van der Waals surface area contributed by atoms with Gasteiger partial charge in [-0.3, -0.25) is 0 Å². The molecule has 0 radical (unpaired) electrons. The van der Waals surface area contributed by atoms with Gasteiger partial charge in [0.15, 0.2) is 17.6 Å². The summed E-state index contributed by atoms with van der Waals surface area (Å²) in [5.41, 5.74) is 3.30. The molecule has 23 heavy (non-hydrogen) atoms. The Morgan fingerprint density at radius 1 is 1.52 bits per heavy atom. The summed E-state index contributed by atoms with van der Waals surface area (Å²) in [5, 5.41) is 33.5. The maximum Gasteiger partial charge on any atom is 0.328 e. The van der Waals surface area contributed by atoms with Gasteiger partial charge in [0.1, 0.15) is 17.4 Å². The van der Waals surface area contributed by atoms with Gasteiger partial charge in [-0.05, 0) is 6.42 Å². The van der Waals surface area contributed by atoms with Gasteiger partial charge in [-0.15, -0.1) is 5.10 Å². The van der Waals surface area contributed by atoms with E-state index >= 15 is 0 Å². The summed E-state index contributed by atoms with van der Waals surface area (Å²) in [4.78, 5) is 7.07. The molecule has 0 bridgehead atoms. The summed E-state index contributed by atoms with van der Waals surface area (Å²) in [6, 6.07) is 0. The van der Waals surface area contributed by atoms with Crippen LogP contribution in [0.1, 0.15) is 19.0 Å². The van der Waals surface area contributed by atoms with Crippen molar-refractivity contribution in [3.63, 3.8) is 0 Å². The first-order valence-electron chi connectivity index (χ1n) is 6.82. The minimum absolute atomic E-state index is 0.0234. The molecule has 3 rings (SSSR count). The van der Waals surface area contributed by atoms with Crippen LogP contribution in [0.2, 0.25) is 0 Å². The van der Waals surface area contributed by atoms with E-state index in [4.69, 9.17) is 10.5 Å². The highest BCUT2D eigenvalue weighted by Gasteiger charge is 2.64. The molecule has 1 aliphatic heterocycles. The maximum absolute atomic E-state index is 14.6. The van der Waals surface area contributed by atoms with Crippen LogP contribution in [-0.4, -0.2) is 59.4 Å². The summed E-state index contributed by atoms with van der Waals surface area (Å²) in [5.74, 6) is -3.00. The molecule has 1 fully saturated rings. The SMILES string of the molecule is CC[C@]1(CO)O[C@@](O)(c2cnc3c(N)nc(F)nn23)[C@H](F)[C@@H]1O. The van der Waals surface area contributed by atoms with Crippen LogP contribution in [0.3, 0.4) is 0 Å². The van der Waals surface area contributed by atoms with E-state index in [2.05, 4.69) is 15.1 Å². The van der Waals surface area contributed by atoms with E-state index in [1.807, 2.05) is 0 Å². The molecule has 4 atom stereocenters. The van der Waals surface area contributed by atoms with Gasteiger partial charge in [0.2, 0.25) is 5.79 Å². The third-order valence-electron chi connectivity index (χ3n) is 4.14. The highest BCUT2D eigenvalue weighted by atomic mass is 19.1. The first-order valence-corrected chi connectivity index (χ1v) is 6.82. The summed E-state index contributed by atoms with van der Waals surface area (Å²) in [6.45, 7) is 0.821. The molecule has 1 saturated heterocycles. The third-order valence-corrected chi connectivity index (χ3v) is 4.14. The fraction of sp³-hybridized carbons (Fsp3) is 0.583. The second-order valence-electron chi connectivity index (χ2n) is 5.37. The second kappa shape index (κ2) is 5.03. The number of nitrogens with two attached hydrogens (primary N) is 1. The van der Waals surface area contributed by atoms with Crippen molar-refractivity contribution in [1.29, 1.82) is 0 Å². The number of aliphatic hydroxyl groups excluding tert-OH is 2. The van der Waals surface area contributed by atoms with Crippen LogP contribution >= 0.6 is 0 Å². The fourth-order valence-corrected chi connectivity index (χ4v) is 2.74. The van der Waals surface area contributed by atoms with Gasteiger partial charge in [-0.25, -0.2) is 13.9 Å². The largest absolute Gasteiger partial charge is 0.393 e. The standard InChI is InChI=1S/C12H15F2N5O4/c1-2-11(4-20)7(21)6(13)12(22,23-11)5-3-16-9-8(15)17-10(14)18-19(5)9/h3,6-7,20-22H,2,4H2,1H3,(H2,15,17,18)/t6-,7+,11-,12+/m1/s1. The lowest BCUT2D eigenvalue weighted by atomic mass is 9.92. The van der Waals surface area contributed by atoms with E-state index in [0.717, 1.165) is 10.7 Å². The Hall–Kier alpha value is -1.95. The minimum atomic E-state index is -2.69. The zero-order valence-corrected chi connectivity index (χ0v) is 12.0. The van der Waals surface area contributed by atoms with Crippen molar-refractivity contribution in [2.45, 2.75) is 37.0 Å². The molecule has 2 aromatic rings. The maximum atomic E-state index is 14.6. The van der Waals surface area contributed by atoms with Gasteiger partial charge >= 0.3 is 6.08 Å². The van der Waals surface area contributed by atoms with E-state index < -0.39 is 36.3 Å². The lowest BCUT2D eigenvalue weighted by molar-refractivity contribution is -0.259.